The summed E-state index contributed by atoms with van der Waals surface area (Å²) in [5.41, 5.74) is 10.5. The van der Waals surface area contributed by atoms with E-state index in [4.69, 9.17) is 26.8 Å². The minimum absolute atomic E-state index is 0.296. The fourth-order valence-electron chi connectivity index (χ4n) is 2.39. The normalized spacial score (nSPS) is 14.1. The van der Waals surface area contributed by atoms with Gasteiger partial charge in [-0.3, -0.25) is 28.8 Å². The molecule has 0 aliphatic heterocycles. The predicted molar refractivity (Wildman–Crippen MR) is 113 cm³/mol. The number of hydrogen-bond acceptors (Lipinski definition) is 9. The number of amides is 4. The molecule has 0 fully saturated rings. The van der Waals surface area contributed by atoms with Gasteiger partial charge in [-0.1, -0.05) is 0 Å². The second kappa shape index (κ2) is 14.6. The maximum Gasteiger partial charge on any atom is 0.327 e. The first-order valence-corrected chi connectivity index (χ1v) is 10.1. The molecule has 0 aromatic carbocycles. The zero-order chi connectivity index (χ0) is 25.7. The van der Waals surface area contributed by atoms with Gasteiger partial charge in [-0.25, -0.2) is 4.79 Å². The molecule has 0 bridgehead atoms. The SMILES string of the molecule is NC(=O)CC(N)C(=O)NC(CCC(=O)O)C(=O)NC(CCC(=O)O)C(=O)NC(CS)C(=O)O. The number of carbonyl (C=O) groups excluding carboxylic acids is 4. The van der Waals surface area contributed by atoms with Gasteiger partial charge in [-0.05, 0) is 12.8 Å². The maximum absolute atomic E-state index is 12.7. The van der Waals surface area contributed by atoms with Crippen LogP contribution in [-0.2, 0) is 33.6 Å². The Hall–Kier alpha value is -3.40. The molecule has 0 saturated carbocycles. The first-order valence-electron chi connectivity index (χ1n) is 9.50. The molecule has 0 spiro atoms. The number of carbonyl (C=O) groups is 7. The summed E-state index contributed by atoms with van der Waals surface area (Å²) in [4.78, 5) is 81.1. The first kappa shape index (κ1) is 29.6. The molecule has 33 heavy (non-hydrogen) atoms. The van der Waals surface area contributed by atoms with E-state index in [0.717, 1.165) is 0 Å². The van der Waals surface area contributed by atoms with Gasteiger partial charge in [0, 0.05) is 18.6 Å². The van der Waals surface area contributed by atoms with Crippen molar-refractivity contribution in [3.05, 3.63) is 0 Å². The fraction of sp³-hybridized carbons (Fsp3) is 0.588. The van der Waals surface area contributed by atoms with Crippen LogP contribution in [0.4, 0.5) is 0 Å². The highest BCUT2D eigenvalue weighted by atomic mass is 32.1. The van der Waals surface area contributed by atoms with Crippen LogP contribution in [0, 0.1) is 0 Å². The zero-order valence-corrected chi connectivity index (χ0v) is 18.2. The van der Waals surface area contributed by atoms with Crippen molar-refractivity contribution in [3.8, 4) is 0 Å². The molecule has 16 heteroatoms. The van der Waals surface area contributed by atoms with Crippen molar-refractivity contribution in [1.82, 2.24) is 16.0 Å². The molecule has 0 radical (unpaired) electrons. The van der Waals surface area contributed by atoms with E-state index in [-0.39, 0.29) is 5.75 Å². The maximum atomic E-state index is 12.7. The number of nitrogens with two attached hydrogens (primary N) is 2. The molecule has 10 N–H and O–H groups in total. The summed E-state index contributed by atoms with van der Waals surface area (Å²) >= 11 is 3.79. The van der Waals surface area contributed by atoms with Crippen molar-refractivity contribution in [2.24, 2.45) is 11.5 Å². The molecular weight excluding hydrogens is 466 g/mol. The Morgan fingerprint density at radius 3 is 1.45 bits per heavy atom. The summed E-state index contributed by atoms with van der Waals surface area (Å²) in [6, 6.07) is -5.91. The van der Waals surface area contributed by atoms with Gasteiger partial charge in [-0.2, -0.15) is 12.6 Å². The summed E-state index contributed by atoms with van der Waals surface area (Å²) in [5.74, 6) is -8.30. The summed E-state index contributed by atoms with van der Waals surface area (Å²) in [7, 11) is 0. The van der Waals surface area contributed by atoms with E-state index in [0.29, 0.717) is 0 Å². The van der Waals surface area contributed by atoms with Crippen LogP contribution in [-0.4, -0.2) is 86.8 Å². The van der Waals surface area contributed by atoms with Crippen molar-refractivity contribution in [3.63, 3.8) is 0 Å². The van der Waals surface area contributed by atoms with Crippen LogP contribution in [0.5, 0.6) is 0 Å². The van der Waals surface area contributed by atoms with Gasteiger partial charge in [0.2, 0.25) is 23.6 Å². The third-order valence-electron chi connectivity index (χ3n) is 4.11. The molecule has 0 saturated heterocycles. The van der Waals surface area contributed by atoms with Crippen molar-refractivity contribution in [2.75, 3.05) is 5.75 Å². The molecule has 0 heterocycles. The molecular formula is C17H27N5O10S. The summed E-state index contributed by atoms with van der Waals surface area (Å²) in [6.07, 6.45) is -2.57. The number of thiol groups is 1. The highest BCUT2D eigenvalue weighted by molar-refractivity contribution is 7.80. The van der Waals surface area contributed by atoms with E-state index in [2.05, 4.69) is 28.6 Å². The largest absolute Gasteiger partial charge is 0.481 e. The smallest absolute Gasteiger partial charge is 0.327 e. The number of carboxylic acids is 3. The van der Waals surface area contributed by atoms with Crippen LogP contribution in [0.1, 0.15) is 32.1 Å². The van der Waals surface area contributed by atoms with E-state index >= 15 is 0 Å². The number of nitrogens with one attached hydrogen (secondary N) is 3. The molecule has 4 amide bonds. The van der Waals surface area contributed by atoms with E-state index in [9.17, 15) is 33.6 Å². The molecule has 0 aliphatic carbocycles. The lowest BCUT2D eigenvalue weighted by molar-refractivity contribution is -0.142. The van der Waals surface area contributed by atoms with Gasteiger partial charge in [0.15, 0.2) is 0 Å². The molecule has 186 valence electrons. The Labute approximate surface area is 193 Å². The number of rotatable bonds is 16. The van der Waals surface area contributed by atoms with Gasteiger partial charge in [0.05, 0.1) is 12.5 Å². The van der Waals surface area contributed by atoms with Crippen molar-refractivity contribution >= 4 is 54.2 Å². The van der Waals surface area contributed by atoms with Gasteiger partial charge in [0.25, 0.3) is 0 Å². The monoisotopic (exact) mass is 493 g/mol. The molecule has 4 atom stereocenters. The van der Waals surface area contributed by atoms with E-state index in [1.54, 1.807) is 0 Å². The van der Waals surface area contributed by atoms with E-state index in [1.807, 2.05) is 0 Å². The third kappa shape index (κ3) is 12.3. The average Bonchev–Trinajstić information content (AvgIpc) is 2.70. The van der Waals surface area contributed by atoms with Gasteiger partial charge in [0.1, 0.15) is 18.1 Å². The van der Waals surface area contributed by atoms with Crippen molar-refractivity contribution in [2.45, 2.75) is 56.3 Å². The third-order valence-corrected chi connectivity index (χ3v) is 4.48. The first-order chi connectivity index (χ1) is 15.3. The summed E-state index contributed by atoms with van der Waals surface area (Å²) in [5, 5.41) is 33.2. The molecule has 15 nitrogen and oxygen atoms in total. The Balaban J connectivity index is 5.55. The molecule has 4 unspecified atom stereocenters. The fourth-order valence-corrected chi connectivity index (χ4v) is 2.64. The highest BCUT2D eigenvalue weighted by Crippen LogP contribution is 2.05. The van der Waals surface area contributed by atoms with Crippen LogP contribution in [0.15, 0.2) is 0 Å². The Morgan fingerprint density at radius 1 is 0.727 bits per heavy atom. The highest BCUT2D eigenvalue weighted by Gasteiger charge is 2.30. The summed E-state index contributed by atoms with van der Waals surface area (Å²) in [6.45, 7) is 0. The number of carboxylic acid groups (broad SMARTS) is 3. The quantitative estimate of drug-likeness (QED) is 0.0947. The standard InChI is InChI=1S/C17H27N5O10S/c18-7(5-11(19)23)14(28)20-8(1-3-12(24)25)15(29)21-9(2-4-13(26)27)16(30)22-10(6-33)17(31)32/h7-10,33H,1-6,18H2,(H2,19,23)(H,20,28)(H,21,29)(H,22,30)(H,24,25)(H,26,27)(H,31,32). The van der Waals surface area contributed by atoms with Crippen molar-refractivity contribution in [1.29, 1.82) is 0 Å². The predicted octanol–water partition coefficient (Wildman–Crippen LogP) is -3.61. The zero-order valence-electron chi connectivity index (χ0n) is 17.4. The van der Waals surface area contributed by atoms with Crippen molar-refractivity contribution < 1.29 is 48.9 Å². The minimum Gasteiger partial charge on any atom is -0.481 e. The lowest BCUT2D eigenvalue weighted by atomic mass is 10.1. The number of hydrogen-bond donors (Lipinski definition) is 9. The van der Waals surface area contributed by atoms with E-state index < -0.39 is 97.8 Å². The van der Waals surface area contributed by atoms with Gasteiger partial charge < -0.3 is 42.7 Å². The lowest BCUT2D eigenvalue weighted by Gasteiger charge is -2.24. The number of primary amides is 1. The average molecular weight is 493 g/mol. The molecule has 0 aromatic heterocycles. The Kier molecular flexibility index (Phi) is 13.1. The van der Waals surface area contributed by atoms with Crippen LogP contribution >= 0.6 is 12.6 Å². The van der Waals surface area contributed by atoms with Gasteiger partial charge >= 0.3 is 17.9 Å². The topological polar surface area (TPSA) is 268 Å². The Morgan fingerprint density at radius 2 is 1.12 bits per heavy atom. The van der Waals surface area contributed by atoms with Gasteiger partial charge in [-0.15, -0.1) is 0 Å². The second-order valence-electron chi connectivity index (χ2n) is 6.85. The lowest BCUT2D eigenvalue weighted by Crippen LogP contribution is -2.57. The van der Waals surface area contributed by atoms with Crippen LogP contribution in [0.25, 0.3) is 0 Å². The number of aliphatic carboxylic acids is 3. The molecule has 0 rings (SSSR count). The van der Waals surface area contributed by atoms with Crippen LogP contribution in [0.2, 0.25) is 0 Å². The summed E-state index contributed by atoms with van der Waals surface area (Å²) < 4.78 is 0. The molecule has 0 aromatic rings. The minimum atomic E-state index is -1.53. The Bertz CT molecular complexity index is 777. The van der Waals surface area contributed by atoms with E-state index in [1.165, 1.54) is 0 Å². The second-order valence-corrected chi connectivity index (χ2v) is 7.21. The molecule has 0 aliphatic rings. The van der Waals surface area contributed by atoms with Crippen LogP contribution in [0.3, 0.4) is 0 Å². The van der Waals surface area contributed by atoms with Crippen LogP contribution < -0.4 is 27.4 Å².